The summed E-state index contributed by atoms with van der Waals surface area (Å²) in [7, 11) is 0. The fraction of sp³-hybridized carbons (Fsp3) is 0.167. The van der Waals surface area contributed by atoms with Gasteiger partial charge >= 0.3 is 6.36 Å². The minimum atomic E-state index is -4.69. The van der Waals surface area contributed by atoms with E-state index >= 15 is 0 Å². The summed E-state index contributed by atoms with van der Waals surface area (Å²) in [4.78, 5) is 0. The van der Waals surface area contributed by atoms with Crippen molar-refractivity contribution in [2.75, 3.05) is 0 Å². The molecule has 0 saturated carbocycles. The van der Waals surface area contributed by atoms with Crippen LogP contribution in [-0.4, -0.2) is 6.36 Å². The highest BCUT2D eigenvalue weighted by molar-refractivity contribution is 5.35. The Bertz CT molecular complexity index is 934. The van der Waals surface area contributed by atoms with Gasteiger partial charge < -0.3 is 9.47 Å². The Hall–Kier alpha value is -3.21. The molecule has 3 aromatic carbocycles. The minimum Gasteiger partial charge on any atom is -0.457 e. The molecule has 0 aliphatic rings. The fourth-order valence-electron chi connectivity index (χ4n) is 2.86. The maximum Gasteiger partial charge on any atom is 0.573 e. The van der Waals surface area contributed by atoms with Gasteiger partial charge in [0.25, 0.3) is 0 Å². The molecular formula is C24H21F3O2. The number of rotatable bonds is 8. The van der Waals surface area contributed by atoms with Crippen LogP contribution in [-0.2, 0) is 12.8 Å². The second kappa shape index (κ2) is 9.82. The molecular weight excluding hydrogens is 377 g/mol. The largest absolute Gasteiger partial charge is 0.573 e. The maximum atomic E-state index is 12.5. The predicted molar refractivity (Wildman–Crippen MR) is 107 cm³/mol. The van der Waals surface area contributed by atoms with Crippen molar-refractivity contribution in [3.63, 3.8) is 0 Å². The number of hydrogen-bond acceptors (Lipinski definition) is 2. The normalized spacial score (nSPS) is 11.6. The zero-order chi connectivity index (χ0) is 20.5. The van der Waals surface area contributed by atoms with E-state index in [0.29, 0.717) is 12.0 Å². The van der Waals surface area contributed by atoms with Crippen molar-refractivity contribution in [3.8, 4) is 17.2 Å². The Kier molecular flexibility index (Phi) is 6.95. The lowest BCUT2D eigenvalue weighted by Gasteiger charge is -2.12. The van der Waals surface area contributed by atoms with Crippen LogP contribution in [0.1, 0.15) is 17.5 Å². The number of alkyl halides is 3. The average Bonchev–Trinajstić information content (AvgIpc) is 2.69. The molecule has 0 fully saturated rings. The molecule has 0 heterocycles. The van der Waals surface area contributed by atoms with E-state index in [2.05, 4.69) is 4.74 Å². The van der Waals surface area contributed by atoms with Crippen LogP contribution in [0.4, 0.5) is 13.2 Å². The van der Waals surface area contributed by atoms with Gasteiger partial charge in [-0.25, -0.2) is 0 Å². The van der Waals surface area contributed by atoms with E-state index in [1.165, 1.54) is 12.1 Å². The third-order valence-corrected chi connectivity index (χ3v) is 4.18. The lowest BCUT2D eigenvalue weighted by Crippen LogP contribution is -2.18. The molecule has 0 aromatic heterocycles. The van der Waals surface area contributed by atoms with Crippen molar-refractivity contribution >= 4 is 0 Å². The molecule has 150 valence electrons. The molecule has 0 unspecified atom stereocenters. The van der Waals surface area contributed by atoms with Gasteiger partial charge in [-0.05, 0) is 60.7 Å². The number of ether oxygens (including phenoxy) is 2. The van der Waals surface area contributed by atoms with Crippen LogP contribution in [0.3, 0.4) is 0 Å². The number of hydrogen-bond donors (Lipinski definition) is 0. The van der Waals surface area contributed by atoms with Crippen molar-refractivity contribution in [3.05, 3.63) is 102 Å². The molecule has 0 amide bonds. The van der Waals surface area contributed by atoms with Crippen molar-refractivity contribution in [2.45, 2.75) is 25.6 Å². The summed E-state index contributed by atoms with van der Waals surface area (Å²) in [6.45, 7) is 0. The number of aryl methyl sites for hydroxylation is 1. The molecule has 0 radical (unpaired) electrons. The molecule has 0 bridgehead atoms. The predicted octanol–water partition coefficient (Wildman–Crippen LogP) is 7.11. The molecule has 3 aromatic rings. The average molecular weight is 398 g/mol. The Balaban J connectivity index is 1.52. The second-order valence-electron chi connectivity index (χ2n) is 6.43. The van der Waals surface area contributed by atoms with E-state index in [4.69, 9.17) is 4.74 Å². The first-order valence-electron chi connectivity index (χ1n) is 9.30. The number of halogens is 3. The standard InChI is InChI=1S/C24H21F3O2/c25-24(26,27)29-23-17-8-7-13-20(23)12-4-1-3-10-19-11-9-16-22(18-19)28-21-14-5-2-6-15-21/h1-2,4-9,11,13-18H,3,10,12H2. The van der Waals surface area contributed by atoms with Gasteiger partial charge in [0.05, 0.1) is 0 Å². The van der Waals surface area contributed by atoms with Crippen LogP contribution in [0, 0.1) is 0 Å². The number of para-hydroxylation sites is 2. The van der Waals surface area contributed by atoms with Crippen molar-refractivity contribution in [2.24, 2.45) is 0 Å². The monoisotopic (exact) mass is 398 g/mol. The molecule has 0 saturated heterocycles. The molecule has 3 rings (SSSR count). The van der Waals surface area contributed by atoms with Crippen molar-refractivity contribution in [1.82, 2.24) is 0 Å². The summed E-state index contributed by atoms with van der Waals surface area (Å²) in [6, 6.07) is 23.6. The van der Waals surface area contributed by atoms with E-state index in [1.807, 2.05) is 66.7 Å². The zero-order valence-electron chi connectivity index (χ0n) is 15.7. The van der Waals surface area contributed by atoms with Crippen molar-refractivity contribution in [1.29, 1.82) is 0 Å². The summed E-state index contributed by atoms with van der Waals surface area (Å²) < 4.78 is 47.3. The highest BCUT2D eigenvalue weighted by Crippen LogP contribution is 2.27. The molecule has 0 aliphatic heterocycles. The van der Waals surface area contributed by atoms with Gasteiger partial charge in [-0.15, -0.1) is 13.2 Å². The Labute approximate surface area is 168 Å². The first-order valence-corrected chi connectivity index (χ1v) is 9.30. The van der Waals surface area contributed by atoms with E-state index in [9.17, 15) is 13.2 Å². The van der Waals surface area contributed by atoms with Crippen LogP contribution in [0.15, 0.2) is 91.0 Å². The molecule has 0 aliphatic carbocycles. The Morgan fingerprint density at radius 2 is 1.48 bits per heavy atom. The molecule has 0 spiro atoms. The van der Waals surface area contributed by atoms with Gasteiger partial charge in [0.15, 0.2) is 0 Å². The van der Waals surface area contributed by atoms with E-state index in [-0.39, 0.29) is 5.75 Å². The van der Waals surface area contributed by atoms with Crippen molar-refractivity contribution < 1.29 is 22.6 Å². The van der Waals surface area contributed by atoms with Crippen LogP contribution in [0.2, 0.25) is 0 Å². The fourth-order valence-corrected chi connectivity index (χ4v) is 2.86. The van der Waals surface area contributed by atoms with Gasteiger partial charge in [0.2, 0.25) is 0 Å². The third kappa shape index (κ3) is 7.03. The quantitative estimate of drug-likeness (QED) is 0.377. The second-order valence-corrected chi connectivity index (χ2v) is 6.43. The third-order valence-electron chi connectivity index (χ3n) is 4.18. The molecule has 0 atom stereocenters. The van der Waals surface area contributed by atoms with Gasteiger partial charge in [-0.2, -0.15) is 0 Å². The summed E-state index contributed by atoms with van der Waals surface area (Å²) >= 11 is 0. The highest BCUT2D eigenvalue weighted by atomic mass is 19.4. The summed E-state index contributed by atoms with van der Waals surface area (Å²) in [6.07, 6.45) is 1.11. The Morgan fingerprint density at radius 1 is 0.759 bits per heavy atom. The topological polar surface area (TPSA) is 18.5 Å². The van der Waals surface area contributed by atoms with Crippen LogP contribution in [0.25, 0.3) is 0 Å². The number of benzene rings is 3. The first-order chi connectivity index (χ1) is 14.0. The maximum absolute atomic E-state index is 12.5. The first kappa shape index (κ1) is 20.5. The summed E-state index contributed by atoms with van der Waals surface area (Å²) in [5.74, 6) is 1.40. The van der Waals surface area contributed by atoms with Crippen LogP contribution >= 0.6 is 0 Å². The Morgan fingerprint density at radius 3 is 2.28 bits per heavy atom. The number of allylic oxidation sites excluding steroid dienone is 2. The van der Waals surface area contributed by atoms with Gasteiger partial charge in [0.1, 0.15) is 17.2 Å². The molecule has 0 N–H and O–H groups in total. The minimum absolute atomic E-state index is 0.157. The zero-order valence-corrected chi connectivity index (χ0v) is 15.7. The molecule has 2 nitrogen and oxygen atoms in total. The molecule has 5 heteroatoms. The SMILES string of the molecule is FC(F)(F)Oc1ccccc1CC=CCCc1cccc(Oc2ccccc2)c1. The van der Waals surface area contributed by atoms with Crippen LogP contribution < -0.4 is 9.47 Å². The van der Waals surface area contributed by atoms with E-state index in [1.54, 1.807) is 12.1 Å². The van der Waals surface area contributed by atoms with E-state index in [0.717, 1.165) is 29.9 Å². The lowest BCUT2D eigenvalue weighted by molar-refractivity contribution is -0.274. The highest BCUT2D eigenvalue weighted by Gasteiger charge is 2.31. The van der Waals surface area contributed by atoms with Gasteiger partial charge in [-0.3, -0.25) is 0 Å². The summed E-state index contributed by atoms with van der Waals surface area (Å²) in [5.41, 5.74) is 1.63. The smallest absolute Gasteiger partial charge is 0.457 e. The van der Waals surface area contributed by atoms with Crippen LogP contribution in [0.5, 0.6) is 17.2 Å². The lowest BCUT2D eigenvalue weighted by atomic mass is 10.1. The molecule has 29 heavy (non-hydrogen) atoms. The summed E-state index contributed by atoms with van der Waals surface area (Å²) in [5, 5.41) is 0. The van der Waals surface area contributed by atoms with Gasteiger partial charge in [0, 0.05) is 0 Å². The van der Waals surface area contributed by atoms with E-state index < -0.39 is 6.36 Å². The van der Waals surface area contributed by atoms with Gasteiger partial charge in [-0.1, -0.05) is 60.7 Å².